The highest BCUT2D eigenvalue weighted by molar-refractivity contribution is 5.75. The number of nitrogens with zero attached hydrogens (tertiary/aromatic N) is 2. The summed E-state index contributed by atoms with van der Waals surface area (Å²) in [6.07, 6.45) is 2.99. The molecular formula is C11H11N3O3. The average Bonchev–Trinajstić information content (AvgIpc) is 2.82. The fraction of sp³-hybridized carbons (Fsp3) is 0.182. The highest BCUT2D eigenvalue weighted by atomic mass is 16.3. The zero-order valence-electron chi connectivity index (χ0n) is 9.00. The Kier molecular flexibility index (Phi) is 3.34. The van der Waals surface area contributed by atoms with E-state index in [4.69, 9.17) is 4.42 Å². The summed E-state index contributed by atoms with van der Waals surface area (Å²) in [6.45, 7) is 0.202. The number of hydrogen-bond acceptors (Lipinski definition) is 4. The van der Waals surface area contributed by atoms with E-state index in [2.05, 4.69) is 10.4 Å². The highest BCUT2D eigenvalue weighted by Crippen LogP contribution is 1.98. The molecule has 0 spiro atoms. The maximum absolute atomic E-state index is 11.5. The second kappa shape index (κ2) is 5.11. The van der Waals surface area contributed by atoms with Crippen molar-refractivity contribution in [1.29, 1.82) is 0 Å². The van der Waals surface area contributed by atoms with Crippen LogP contribution in [0.5, 0.6) is 0 Å². The van der Waals surface area contributed by atoms with Crippen molar-refractivity contribution < 1.29 is 9.21 Å². The third kappa shape index (κ3) is 3.04. The number of carbonyl (C=O) groups is 1. The Labute approximate surface area is 96.9 Å². The van der Waals surface area contributed by atoms with Gasteiger partial charge < -0.3 is 9.73 Å². The van der Waals surface area contributed by atoms with Crippen molar-refractivity contribution in [1.82, 2.24) is 15.1 Å². The molecule has 6 nitrogen and oxygen atoms in total. The topological polar surface area (TPSA) is 77.1 Å². The van der Waals surface area contributed by atoms with Gasteiger partial charge in [0.1, 0.15) is 12.3 Å². The van der Waals surface area contributed by atoms with Gasteiger partial charge in [-0.1, -0.05) is 0 Å². The number of furan rings is 1. The normalized spacial score (nSPS) is 10.1. The van der Waals surface area contributed by atoms with Gasteiger partial charge in [0.2, 0.25) is 5.91 Å². The lowest BCUT2D eigenvalue weighted by Gasteiger charge is -2.04. The van der Waals surface area contributed by atoms with Gasteiger partial charge in [0.25, 0.3) is 5.56 Å². The Hall–Kier alpha value is -2.37. The molecule has 1 amide bonds. The largest absolute Gasteiger partial charge is 0.467 e. The van der Waals surface area contributed by atoms with Crippen LogP contribution < -0.4 is 10.9 Å². The smallest absolute Gasteiger partial charge is 0.267 e. The second-order valence-electron chi connectivity index (χ2n) is 3.38. The Bertz CT molecular complexity index is 545. The summed E-state index contributed by atoms with van der Waals surface area (Å²) in [5.74, 6) is 0.369. The highest BCUT2D eigenvalue weighted by Gasteiger charge is 2.05. The summed E-state index contributed by atoms with van der Waals surface area (Å²) < 4.78 is 6.15. The van der Waals surface area contributed by atoms with Crippen molar-refractivity contribution in [3.8, 4) is 0 Å². The van der Waals surface area contributed by atoms with Gasteiger partial charge in [-0.15, -0.1) is 0 Å². The molecule has 0 bridgehead atoms. The molecule has 0 fully saturated rings. The minimum Gasteiger partial charge on any atom is -0.467 e. The first-order chi connectivity index (χ1) is 8.25. The lowest BCUT2D eigenvalue weighted by molar-refractivity contribution is -0.122. The molecule has 2 rings (SSSR count). The molecule has 0 aliphatic heterocycles. The molecule has 0 aliphatic carbocycles. The van der Waals surface area contributed by atoms with Gasteiger partial charge >= 0.3 is 0 Å². The van der Waals surface area contributed by atoms with Crippen LogP contribution in [0.2, 0.25) is 0 Å². The van der Waals surface area contributed by atoms with Crippen LogP contribution in [0.3, 0.4) is 0 Å². The van der Waals surface area contributed by atoms with Crippen molar-refractivity contribution in [3.63, 3.8) is 0 Å². The van der Waals surface area contributed by atoms with E-state index >= 15 is 0 Å². The van der Waals surface area contributed by atoms with Crippen LogP contribution in [0.25, 0.3) is 0 Å². The first-order valence-electron chi connectivity index (χ1n) is 5.07. The fourth-order valence-corrected chi connectivity index (χ4v) is 1.30. The molecule has 0 atom stereocenters. The molecule has 2 aromatic heterocycles. The maximum atomic E-state index is 11.5. The van der Waals surface area contributed by atoms with Gasteiger partial charge in [0.05, 0.1) is 12.8 Å². The van der Waals surface area contributed by atoms with Crippen LogP contribution >= 0.6 is 0 Å². The van der Waals surface area contributed by atoms with Gasteiger partial charge in [-0.05, 0) is 18.2 Å². The van der Waals surface area contributed by atoms with Crippen molar-refractivity contribution in [2.45, 2.75) is 13.1 Å². The number of nitrogens with one attached hydrogen (secondary N) is 1. The number of hydrogen-bond donors (Lipinski definition) is 1. The molecule has 0 unspecified atom stereocenters. The summed E-state index contributed by atoms with van der Waals surface area (Å²) in [4.78, 5) is 22.8. The van der Waals surface area contributed by atoms with E-state index in [0.29, 0.717) is 12.3 Å². The first kappa shape index (κ1) is 11.1. The molecule has 88 valence electrons. The van der Waals surface area contributed by atoms with Crippen LogP contribution in [-0.4, -0.2) is 15.7 Å². The Morgan fingerprint density at radius 1 is 1.41 bits per heavy atom. The molecule has 6 heteroatoms. The minimum atomic E-state index is -0.305. The minimum absolute atomic E-state index is 0.0968. The molecule has 2 heterocycles. The Morgan fingerprint density at radius 2 is 2.29 bits per heavy atom. The second-order valence-corrected chi connectivity index (χ2v) is 3.38. The molecule has 0 radical (unpaired) electrons. The quantitative estimate of drug-likeness (QED) is 0.815. The van der Waals surface area contributed by atoms with E-state index in [1.807, 2.05) is 0 Å². The van der Waals surface area contributed by atoms with Crippen molar-refractivity contribution in [2.75, 3.05) is 0 Å². The summed E-state index contributed by atoms with van der Waals surface area (Å²) in [7, 11) is 0. The van der Waals surface area contributed by atoms with Crippen LogP contribution in [0.4, 0.5) is 0 Å². The van der Waals surface area contributed by atoms with Crippen molar-refractivity contribution >= 4 is 5.91 Å². The standard InChI is InChI=1S/C11H11N3O3/c15-10(12-7-9-3-2-6-17-9)8-14-11(16)4-1-5-13-14/h1-6H,7-8H2,(H,12,15). The van der Waals surface area contributed by atoms with Crippen molar-refractivity contribution in [2.24, 2.45) is 0 Å². The number of aromatic nitrogens is 2. The first-order valence-corrected chi connectivity index (χ1v) is 5.07. The molecule has 0 saturated heterocycles. The molecule has 2 aromatic rings. The third-order valence-electron chi connectivity index (χ3n) is 2.12. The lowest BCUT2D eigenvalue weighted by Crippen LogP contribution is -2.32. The molecule has 1 N–H and O–H groups in total. The number of amides is 1. The van der Waals surface area contributed by atoms with Gasteiger partial charge in [-0.25, -0.2) is 4.68 Å². The number of carbonyl (C=O) groups excluding carboxylic acids is 1. The van der Waals surface area contributed by atoms with Gasteiger partial charge in [-0.2, -0.15) is 5.10 Å². The van der Waals surface area contributed by atoms with E-state index < -0.39 is 0 Å². The monoisotopic (exact) mass is 233 g/mol. The summed E-state index contributed by atoms with van der Waals surface area (Å²) in [5.41, 5.74) is -0.305. The summed E-state index contributed by atoms with van der Waals surface area (Å²) in [5, 5.41) is 6.41. The van der Waals surface area contributed by atoms with E-state index in [0.717, 1.165) is 4.68 Å². The molecule has 0 aromatic carbocycles. The SMILES string of the molecule is O=C(Cn1ncccc1=O)NCc1ccco1. The molecule has 0 aliphatic rings. The average molecular weight is 233 g/mol. The van der Waals surface area contributed by atoms with Crippen LogP contribution in [0, 0.1) is 0 Å². The Balaban J connectivity index is 1.90. The van der Waals surface area contributed by atoms with Crippen LogP contribution in [0.15, 0.2) is 45.9 Å². The van der Waals surface area contributed by atoms with E-state index in [9.17, 15) is 9.59 Å². The van der Waals surface area contributed by atoms with Gasteiger partial charge in [0, 0.05) is 12.3 Å². The Morgan fingerprint density at radius 3 is 3.00 bits per heavy atom. The van der Waals surface area contributed by atoms with E-state index in [1.54, 1.807) is 12.1 Å². The zero-order chi connectivity index (χ0) is 12.1. The lowest BCUT2D eigenvalue weighted by atomic mass is 10.4. The predicted octanol–water partition coefficient (Wildman–Crippen LogP) is 0.153. The maximum Gasteiger partial charge on any atom is 0.267 e. The van der Waals surface area contributed by atoms with E-state index in [1.165, 1.54) is 24.6 Å². The fourth-order valence-electron chi connectivity index (χ4n) is 1.30. The number of rotatable bonds is 4. The summed E-state index contributed by atoms with van der Waals surface area (Å²) in [6, 6.07) is 6.38. The zero-order valence-corrected chi connectivity index (χ0v) is 9.00. The van der Waals surface area contributed by atoms with Crippen molar-refractivity contribution in [3.05, 3.63) is 52.8 Å². The van der Waals surface area contributed by atoms with E-state index in [-0.39, 0.29) is 18.0 Å². The molecule has 0 saturated carbocycles. The summed E-state index contributed by atoms with van der Waals surface area (Å²) >= 11 is 0. The van der Waals surface area contributed by atoms with Crippen LogP contribution in [-0.2, 0) is 17.9 Å². The van der Waals surface area contributed by atoms with Crippen LogP contribution in [0.1, 0.15) is 5.76 Å². The van der Waals surface area contributed by atoms with Gasteiger partial charge in [-0.3, -0.25) is 9.59 Å². The van der Waals surface area contributed by atoms with Gasteiger partial charge in [0.15, 0.2) is 0 Å². The predicted molar refractivity (Wildman–Crippen MR) is 59.1 cm³/mol. The third-order valence-corrected chi connectivity index (χ3v) is 2.12. The molecule has 17 heavy (non-hydrogen) atoms. The molecular weight excluding hydrogens is 222 g/mol.